The summed E-state index contributed by atoms with van der Waals surface area (Å²) in [5.74, 6) is 0.708. The number of benzene rings is 8. The second kappa shape index (κ2) is 18.5. The van der Waals surface area contributed by atoms with Gasteiger partial charge in [-0.05, 0) is 161 Å². The molecule has 0 aromatic heterocycles. The van der Waals surface area contributed by atoms with Crippen molar-refractivity contribution in [3.63, 3.8) is 0 Å². The van der Waals surface area contributed by atoms with Gasteiger partial charge in [-0.1, -0.05) is 213 Å². The lowest BCUT2D eigenvalue weighted by Crippen LogP contribution is -2.15. The highest BCUT2D eigenvalue weighted by molar-refractivity contribution is 6.04. The van der Waals surface area contributed by atoms with Gasteiger partial charge in [0.05, 0.1) is 0 Å². The summed E-state index contributed by atoms with van der Waals surface area (Å²) in [4.78, 5) is 0. The van der Waals surface area contributed by atoms with Crippen molar-refractivity contribution in [3.8, 4) is 33.4 Å². The standard InChI is InChI=1S/2C21H20.C14H14.C7H8/c1-13-9-10-17-18(11-13)21(3,4)19-12-14(2)15-7-5-6-8-16(15)20(17)19;1-15-9-10-16(2)20(13-15)21-14-19(12-11-17(21)3)18-7-5-4-6-8-18;1-10-6-7-12-9-11-4-2-3-5-13(11)14(12)8-10;1-7-5-3-2-4-6-7/h5-12H,1-4H3;4-14H,1-3H3;2-5,7-8,10H,6,9H2,1H3;2-6H,1H3. The van der Waals surface area contributed by atoms with Crippen LogP contribution in [-0.4, -0.2) is 0 Å². The smallest absolute Gasteiger partial charge is 0.0159 e. The van der Waals surface area contributed by atoms with Crippen molar-refractivity contribution in [1.29, 1.82) is 0 Å². The Morgan fingerprint density at radius 2 is 1.05 bits per heavy atom. The van der Waals surface area contributed by atoms with Crippen molar-refractivity contribution in [2.24, 2.45) is 5.92 Å². The van der Waals surface area contributed by atoms with E-state index in [0.29, 0.717) is 5.92 Å². The van der Waals surface area contributed by atoms with E-state index in [4.69, 9.17) is 0 Å². The Bertz CT molecular complexity index is 2970. The Morgan fingerprint density at radius 3 is 1.76 bits per heavy atom. The molecule has 0 saturated carbocycles. The monoisotopic (exact) mass is 818 g/mol. The molecular formula is C63H62. The minimum absolute atomic E-state index is 0.0888. The van der Waals surface area contributed by atoms with Crippen LogP contribution >= 0.6 is 0 Å². The number of hydrogen-bond donors (Lipinski definition) is 0. The molecule has 1 atom stereocenters. The molecule has 0 fully saturated rings. The van der Waals surface area contributed by atoms with Crippen LogP contribution in [0.5, 0.6) is 0 Å². The zero-order valence-corrected chi connectivity index (χ0v) is 38.8. The Labute approximate surface area is 377 Å². The molecule has 0 spiro atoms. The Morgan fingerprint density at radius 1 is 0.444 bits per heavy atom. The van der Waals surface area contributed by atoms with Gasteiger partial charge in [0.1, 0.15) is 0 Å². The highest BCUT2D eigenvalue weighted by atomic mass is 14.4. The fourth-order valence-corrected chi connectivity index (χ4v) is 9.63. The van der Waals surface area contributed by atoms with Crippen LogP contribution in [0.2, 0.25) is 0 Å². The Balaban J connectivity index is 0.000000122. The van der Waals surface area contributed by atoms with E-state index >= 15 is 0 Å². The summed E-state index contributed by atoms with van der Waals surface area (Å²) >= 11 is 0. The summed E-state index contributed by atoms with van der Waals surface area (Å²) in [5, 5.41) is 2.77. The molecular weight excluding hydrogens is 757 g/mol. The molecule has 0 radical (unpaired) electrons. The number of allylic oxidation sites excluding steroid dienone is 4. The summed E-state index contributed by atoms with van der Waals surface area (Å²) in [6.07, 6.45) is 7.21. The molecule has 3 aliphatic carbocycles. The molecule has 0 saturated heterocycles. The third-order valence-corrected chi connectivity index (χ3v) is 13.2. The van der Waals surface area contributed by atoms with Crippen molar-refractivity contribution < 1.29 is 0 Å². The molecule has 8 aromatic rings. The summed E-state index contributed by atoms with van der Waals surface area (Å²) < 4.78 is 0. The van der Waals surface area contributed by atoms with Crippen LogP contribution in [0.25, 0.3) is 49.7 Å². The predicted molar refractivity (Wildman–Crippen MR) is 274 cm³/mol. The van der Waals surface area contributed by atoms with Crippen LogP contribution in [-0.2, 0) is 11.8 Å². The largest absolute Gasteiger partial charge is 0.0798 e. The number of fused-ring (bicyclic) bond motifs is 8. The van der Waals surface area contributed by atoms with E-state index in [1.165, 1.54) is 112 Å². The van der Waals surface area contributed by atoms with Gasteiger partial charge in [0.15, 0.2) is 0 Å². The van der Waals surface area contributed by atoms with Gasteiger partial charge in [-0.15, -0.1) is 0 Å². The van der Waals surface area contributed by atoms with Crippen LogP contribution in [0.15, 0.2) is 188 Å². The van der Waals surface area contributed by atoms with Crippen molar-refractivity contribution in [2.45, 2.75) is 80.6 Å². The fourth-order valence-electron chi connectivity index (χ4n) is 9.63. The molecule has 0 N–H and O–H groups in total. The molecule has 0 heteroatoms. The Kier molecular flexibility index (Phi) is 12.6. The first-order valence-electron chi connectivity index (χ1n) is 22.8. The second-order valence-electron chi connectivity index (χ2n) is 18.6. The maximum atomic E-state index is 2.43. The molecule has 0 amide bonds. The molecule has 0 heterocycles. The van der Waals surface area contributed by atoms with Crippen molar-refractivity contribution >= 4 is 16.3 Å². The van der Waals surface area contributed by atoms with Crippen LogP contribution in [0.3, 0.4) is 0 Å². The first kappa shape index (κ1) is 43.2. The van der Waals surface area contributed by atoms with E-state index in [1.54, 1.807) is 5.57 Å². The zero-order chi connectivity index (χ0) is 44.3. The molecule has 0 bridgehead atoms. The van der Waals surface area contributed by atoms with E-state index < -0.39 is 0 Å². The van der Waals surface area contributed by atoms with Gasteiger partial charge in [-0.25, -0.2) is 0 Å². The molecule has 0 nitrogen and oxygen atoms in total. The van der Waals surface area contributed by atoms with E-state index in [0.717, 1.165) is 6.42 Å². The Hall–Kier alpha value is -6.50. The van der Waals surface area contributed by atoms with Gasteiger partial charge >= 0.3 is 0 Å². The van der Waals surface area contributed by atoms with E-state index in [2.05, 4.69) is 226 Å². The van der Waals surface area contributed by atoms with Crippen molar-refractivity contribution in [1.82, 2.24) is 0 Å². The minimum atomic E-state index is 0.0888. The average Bonchev–Trinajstić information content (AvgIpc) is 3.77. The minimum Gasteiger partial charge on any atom is -0.0798 e. The van der Waals surface area contributed by atoms with Crippen LogP contribution < -0.4 is 0 Å². The lowest BCUT2D eigenvalue weighted by Gasteiger charge is -2.22. The quantitative estimate of drug-likeness (QED) is 0.163. The molecule has 63 heavy (non-hydrogen) atoms. The summed E-state index contributed by atoms with van der Waals surface area (Å²) in [5.41, 5.74) is 25.1. The van der Waals surface area contributed by atoms with Crippen molar-refractivity contribution in [2.75, 3.05) is 0 Å². The predicted octanol–water partition coefficient (Wildman–Crippen LogP) is 17.3. The van der Waals surface area contributed by atoms with Crippen LogP contribution in [0, 0.1) is 47.5 Å². The lowest BCUT2D eigenvalue weighted by atomic mass is 9.81. The molecule has 3 aliphatic rings. The zero-order valence-electron chi connectivity index (χ0n) is 38.8. The third-order valence-electron chi connectivity index (χ3n) is 13.2. The van der Waals surface area contributed by atoms with Gasteiger partial charge in [-0.2, -0.15) is 0 Å². The van der Waals surface area contributed by atoms with Gasteiger partial charge < -0.3 is 0 Å². The van der Waals surface area contributed by atoms with Crippen molar-refractivity contribution in [3.05, 3.63) is 243 Å². The summed E-state index contributed by atoms with van der Waals surface area (Å²) in [6, 6.07) is 61.1. The normalized spacial score (nSPS) is 14.8. The van der Waals surface area contributed by atoms with Gasteiger partial charge in [0, 0.05) is 5.41 Å². The molecule has 0 aliphatic heterocycles. The van der Waals surface area contributed by atoms with E-state index in [-0.39, 0.29) is 5.41 Å². The highest BCUT2D eigenvalue weighted by Crippen LogP contribution is 2.52. The lowest BCUT2D eigenvalue weighted by molar-refractivity contribution is 0.659. The maximum absolute atomic E-state index is 2.43. The van der Waals surface area contributed by atoms with Gasteiger partial charge in [0.25, 0.3) is 0 Å². The number of aryl methyl sites for hydroxylation is 6. The van der Waals surface area contributed by atoms with E-state index in [9.17, 15) is 0 Å². The average molecular weight is 819 g/mol. The maximum Gasteiger partial charge on any atom is 0.0159 e. The van der Waals surface area contributed by atoms with Crippen LogP contribution in [0.4, 0.5) is 0 Å². The molecule has 8 aromatic carbocycles. The number of rotatable bonds is 2. The molecule has 11 rings (SSSR count). The topological polar surface area (TPSA) is 0 Å². The second-order valence-corrected chi connectivity index (χ2v) is 18.6. The third kappa shape index (κ3) is 9.19. The number of hydrogen-bond acceptors (Lipinski definition) is 0. The van der Waals surface area contributed by atoms with Gasteiger partial charge in [0.2, 0.25) is 0 Å². The molecule has 1 unspecified atom stereocenters. The summed E-state index contributed by atoms with van der Waals surface area (Å²) in [6.45, 7) is 20.0. The van der Waals surface area contributed by atoms with Gasteiger partial charge in [-0.3, -0.25) is 0 Å². The summed E-state index contributed by atoms with van der Waals surface area (Å²) in [7, 11) is 0. The highest BCUT2D eigenvalue weighted by Gasteiger charge is 2.36. The fraction of sp³-hybridized carbons (Fsp3) is 0.206. The van der Waals surface area contributed by atoms with E-state index in [1.807, 2.05) is 18.2 Å². The first-order chi connectivity index (χ1) is 30.4. The van der Waals surface area contributed by atoms with Crippen LogP contribution in [0.1, 0.15) is 82.8 Å². The molecule has 314 valence electrons. The first-order valence-corrected chi connectivity index (χ1v) is 22.8. The SMILES string of the molecule is CC1C=C2C(=CC1)Cc1ccccc12.Cc1ccc(C)c(-c2cc(-c3ccccc3)ccc2C)c1.Cc1ccc2c(c1)C(C)(C)c1cc(C)c3ccccc3c1-2.Cc1ccccc1.